The van der Waals surface area contributed by atoms with E-state index in [1.54, 1.807) is 7.11 Å². The molecule has 94 valence electrons. The highest BCUT2D eigenvalue weighted by Crippen LogP contribution is 2.26. The lowest BCUT2D eigenvalue weighted by atomic mass is 10.0. The number of carbonyl (C=O) groups is 1. The van der Waals surface area contributed by atoms with Crippen LogP contribution in [0.1, 0.15) is 37.6 Å². The van der Waals surface area contributed by atoms with Gasteiger partial charge in [0.15, 0.2) is 5.78 Å². The first-order valence-electron chi connectivity index (χ1n) is 6.03. The number of ether oxygens (including phenoxy) is 1. The lowest BCUT2D eigenvalue weighted by Gasteiger charge is -2.11. The van der Waals surface area contributed by atoms with E-state index in [9.17, 15) is 4.79 Å². The molecule has 3 heteroatoms. The lowest BCUT2D eigenvalue weighted by molar-refractivity contribution is 0.0968. The summed E-state index contributed by atoms with van der Waals surface area (Å²) >= 11 is 0. The number of methoxy groups -OCH3 is 1. The van der Waals surface area contributed by atoms with Gasteiger partial charge in [0.05, 0.1) is 12.8 Å². The summed E-state index contributed by atoms with van der Waals surface area (Å²) in [5.74, 6) is 1.34. The summed E-state index contributed by atoms with van der Waals surface area (Å²) in [6.45, 7) is 6.92. The molecule has 1 aromatic carbocycles. The lowest BCUT2D eigenvalue weighted by Crippen LogP contribution is -2.06. The summed E-state index contributed by atoms with van der Waals surface area (Å²) in [6.07, 6.45) is 0.581. The number of carbonyl (C=O) groups excluding carboxylic acids is 1. The zero-order chi connectivity index (χ0) is 12.8. The molecule has 3 nitrogen and oxygen atoms in total. The molecule has 0 saturated heterocycles. The molecule has 0 aliphatic heterocycles. The smallest absolute Gasteiger partial charge is 0.163 e. The number of hydrogen-bond donors (Lipinski definition) is 1. The molecular formula is C14H21NO2. The van der Waals surface area contributed by atoms with Gasteiger partial charge in [-0.2, -0.15) is 0 Å². The molecule has 0 bridgehead atoms. The van der Waals surface area contributed by atoms with Gasteiger partial charge in [-0.1, -0.05) is 13.8 Å². The first-order valence-corrected chi connectivity index (χ1v) is 6.03. The molecule has 1 rings (SSSR count). The van der Waals surface area contributed by atoms with Gasteiger partial charge < -0.3 is 10.1 Å². The van der Waals surface area contributed by atoms with Crippen LogP contribution in [0.3, 0.4) is 0 Å². The van der Waals surface area contributed by atoms with Crippen molar-refractivity contribution in [2.75, 3.05) is 19.0 Å². The molecule has 0 aliphatic rings. The molecule has 0 fully saturated rings. The van der Waals surface area contributed by atoms with Crippen LogP contribution >= 0.6 is 0 Å². The monoisotopic (exact) mass is 235 g/mol. The number of rotatable bonds is 6. The van der Waals surface area contributed by atoms with Crippen LogP contribution in [-0.4, -0.2) is 19.4 Å². The van der Waals surface area contributed by atoms with Crippen molar-refractivity contribution in [3.05, 3.63) is 23.8 Å². The number of benzene rings is 1. The average Bonchev–Trinajstić information content (AvgIpc) is 2.28. The van der Waals surface area contributed by atoms with Gasteiger partial charge in [0.2, 0.25) is 0 Å². The Kier molecular flexibility index (Phi) is 5.01. The van der Waals surface area contributed by atoms with Crippen LogP contribution in [0.15, 0.2) is 18.2 Å². The fourth-order valence-electron chi connectivity index (χ4n) is 1.70. The van der Waals surface area contributed by atoms with E-state index >= 15 is 0 Å². The normalized spacial score (nSPS) is 10.4. The zero-order valence-corrected chi connectivity index (χ0v) is 11.0. The number of Topliss-reactive ketones (excluding diaryl/α,β-unsaturated/α-hetero) is 1. The molecule has 1 N–H and O–H groups in total. The SMILES string of the molecule is CCNc1cc(C(=O)CC(C)C)ccc1OC. The second-order valence-corrected chi connectivity index (χ2v) is 4.47. The van der Waals surface area contributed by atoms with E-state index in [1.807, 2.05) is 39.0 Å². The minimum absolute atomic E-state index is 0.182. The van der Waals surface area contributed by atoms with Crippen molar-refractivity contribution in [2.24, 2.45) is 5.92 Å². The van der Waals surface area contributed by atoms with Crippen molar-refractivity contribution in [1.82, 2.24) is 0 Å². The number of hydrogen-bond acceptors (Lipinski definition) is 3. The highest BCUT2D eigenvalue weighted by molar-refractivity contribution is 5.97. The predicted molar refractivity (Wildman–Crippen MR) is 70.9 cm³/mol. The molecule has 0 atom stereocenters. The second-order valence-electron chi connectivity index (χ2n) is 4.47. The number of ketones is 1. The van der Waals surface area contributed by atoms with Gasteiger partial charge >= 0.3 is 0 Å². The maximum atomic E-state index is 11.9. The van der Waals surface area contributed by atoms with Crippen LogP contribution in [0, 0.1) is 5.92 Å². The van der Waals surface area contributed by atoms with Crippen molar-refractivity contribution < 1.29 is 9.53 Å². The Morgan fingerprint density at radius 1 is 1.41 bits per heavy atom. The van der Waals surface area contributed by atoms with Gasteiger partial charge in [0.1, 0.15) is 5.75 Å². The highest BCUT2D eigenvalue weighted by atomic mass is 16.5. The van der Waals surface area contributed by atoms with Gasteiger partial charge in [-0.3, -0.25) is 4.79 Å². The Morgan fingerprint density at radius 3 is 2.65 bits per heavy atom. The Labute approximate surface area is 103 Å². The maximum absolute atomic E-state index is 11.9. The first kappa shape index (κ1) is 13.6. The molecule has 0 radical (unpaired) electrons. The maximum Gasteiger partial charge on any atom is 0.163 e. The molecule has 0 aromatic heterocycles. The third-order valence-electron chi connectivity index (χ3n) is 2.48. The quantitative estimate of drug-likeness (QED) is 0.768. The van der Waals surface area contributed by atoms with Crippen molar-refractivity contribution in [2.45, 2.75) is 27.2 Å². The van der Waals surface area contributed by atoms with E-state index in [4.69, 9.17) is 4.74 Å². The molecule has 0 heterocycles. The van der Waals surface area contributed by atoms with Crippen molar-refractivity contribution in [1.29, 1.82) is 0 Å². The average molecular weight is 235 g/mol. The Bertz CT molecular complexity index is 386. The van der Waals surface area contributed by atoms with E-state index in [0.29, 0.717) is 12.3 Å². The Morgan fingerprint density at radius 2 is 2.12 bits per heavy atom. The summed E-state index contributed by atoms with van der Waals surface area (Å²) in [5, 5.41) is 3.20. The van der Waals surface area contributed by atoms with E-state index in [-0.39, 0.29) is 5.78 Å². The summed E-state index contributed by atoms with van der Waals surface area (Å²) in [5.41, 5.74) is 1.63. The van der Waals surface area contributed by atoms with Crippen molar-refractivity contribution in [3.8, 4) is 5.75 Å². The van der Waals surface area contributed by atoms with Crippen LogP contribution in [-0.2, 0) is 0 Å². The minimum Gasteiger partial charge on any atom is -0.495 e. The summed E-state index contributed by atoms with van der Waals surface area (Å²) in [6, 6.07) is 5.53. The Hall–Kier alpha value is -1.51. The summed E-state index contributed by atoms with van der Waals surface area (Å²) in [4.78, 5) is 11.9. The molecule has 0 unspecified atom stereocenters. The second kappa shape index (κ2) is 6.28. The molecule has 0 spiro atoms. The first-order chi connectivity index (χ1) is 8.08. The molecule has 0 amide bonds. The summed E-state index contributed by atoms with van der Waals surface area (Å²) < 4.78 is 5.24. The van der Waals surface area contributed by atoms with Crippen molar-refractivity contribution in [3.63, 3.8) is 0 Å². The van der Waals surface area contributed by atoms with Crippen molar-refractivity contribution >= 4 is 11.5 Å². The molecule has 0 saturated carbocycles. The van der Waals surface area contributed by atoms with E-state index < -0.39 is 0 Å². The van der Waals surface area contributed by atoms with Gasteiger partial charge in [-0.25, -0.2) is 0 Å². The fraction of sp³-hybridized carbons (Fsp3) is 0.500. The highest BCUT2D eigenvalue weighted by Gasteiger charge is 2.11. The van der Waals surface area contributed by atoms with Gasteiger partial charge in [-0.05, 0) is 31.0 Å². The molecule has 17 heavy (non-hydrogen) atoms. The number of nitrogens with one attached hydrogen (secondary N) is 1. The Balaban J connectivity index is 2.94. The van der Waals surface area contributed by atoms with Gasteiger partial charge in [-0.15, -0.1) is 0 Å². The zero-order valence-electron chi connectivity index (χ0n) is 11.0. The topological polar surface area (TPSA) is 38.3 Å². The predicted octanol–water partition coefficient (Wildman–Crippen LogP) is 3.36. The van der Waals surface area contributed by atoms with E-state index in [0.717, 1.165) is 23.5 Å². The van der Waals surface area contributed by atoms with Crippen LogP contribution in [0.5, 0.6) is 5.75 Å². The van der Waals surface area contributed by atoms with Crippen LogP contribution in [0.4, 0.5) is 5.69 Å². The van der Waals surface area contributed by atoms with E-state index in [1.165, 1.54) is 0 Å². The summed E-state index contributed by atoms with van der Waals surface area (Å²) in [7, 11) is 1.63. The number of anilines is 1. The molecular weight excluding hydrogens is 214 g/mol. The van der Waals surface area contributed by atoms with Gasteiger partial charge in [0.25, 0.3) is 0 Å². The minimum atomic E-state index is 0.182. The fourth-order valence-corrected chi connectivity index (χ4v) is 1.70. The molecule has 0 aliphatic carbocycles. The van der Waals surface area contributed by atoms with Gasteiger partial charge in [0, 0.05) is 18.5 Å². The van der Waals surface area contributed by atoms with E-state index in [2.05, 4.69) is 5.32 Å². The molecule has 1 aromatic rings. The van der Waals surface area contributed by atoms with Crippen LogP contribution < -0.4 is 10.1 Å². The standard InChI is InChI=1S/C14H21NO2/c1-5-15-12-9-11(6-7-14(12)17-4)13(16)8-10(2)3/h6-7,9-10,15H,5,8H2,1-4H3. The third-order valence-corrected chi connectivity index (χ3v) is 2.48. The third kappa shape index (κ3) is 3.77. The van der Waals surface area contributed by atoms with Crippen LogP contribution in [0.25, 0.3) is 0 Å². The van der Waals surface area contributed by atoms with Crippen LogP contribution in [0.2, 0.25) is 0 Å². The largest absolute Gasteiger partial charge is 0.495 e.